The summed E-state index contributed by atoms with van der Waals surface area (Å²) in [7, 11) is 0. The molecule has 0 aliphatic heterocycles. The molecule has 3 rings (SSSR count). The molecule has 2 aromatic rings. The second-order valence-electron chi connectivity index (χ2n) is 8.56. The number of aliphatic hydroxyl groups is 2. The first-order valence-electron chi connectivity index (χ1n) is 12.1. The van der Waals surface area contributed by atoms with Crippen molar-refractivity contribution < 1.29 is 19.7 Å². The fraction of sp³-hybridized carbons (Fsp3) is 0.379. The molecule has 2 aromatic carbocycles. The molecule has 0 aromatic heterocycles. The third-order valence-electron chi connectivity index (χ3n) is 5.36. The van der Waals surface area contributed by atoms with Gasteiger partial charge in [-0.3, -0.25) is 4.90 Å². The lowest BCUT2D eigenvalue weighted by Crippen LogP contribution is -2.35. The van der Waals surface area contributed by atoms with Crippen molar-refractivity contribution in [3.8, 4) is 5.75 Å². The van der Waals surface area contributed by atoms with Gasteiger partial charge in [-0.05, 0) is 67.5 Å². The lowest BCUT2D eigenvalue weighted by Gasteiger charge is -2.25. The number of rotatable bonds is 12. The van der Waals surface area contributed by atoms with E-state index in [0.29, 0.717) is 43.5 Å². The Hall–Kier alpha value is -2.22. The molecule has 0 radical (unpaired) electrons. The van der Waals surface area contributed by atoms with E-state index in [-0.39, 0.29) is 12.7 Å². The summed E-state index contributed by atoms with van der Waals surface area (Å²) in [5, 5.41) is 20.9. The monoisotopic (exact) mass is 531 g/mol. The molecule has 0 heterocycles. The Morgan fingerprint density at radius 3 is 2.33 bits per heavy atom. The summed E-state index contributed by atoms with van der Waals surface area (Å²) in [5.41, 5.74) is 2.94. The minimum atomic E-state index is -0.736. The van der Waals surface area contributed by atoms with Crippen LogP contribution in [0.2, 0.25) is 0 Å². The van der Waals surface area contributed by atoms with Crippen molar-refractivity contribution in [1.29, 1.82) is 0 Å². The molecular formula is C29H38ClNO4S. The van der Waals surface area contributed by atoms with Gasteiger partial charge < -0.3 is 19.7 Å². The molecule has 1 aliphatic rings. The quantitative estimate of drug-likeness (QED) is 0.305. The zero-order valence-electron chi connectivity index (χ0n) is 21.3. The van der Waals surface area contributed by atoms with E-state index in [4.69, 9.17) is 21.1 Å². The Labute approximate surface area is 226 Å². The first-order chi connectivity index (χ1) is 17.4. The van der Waals surface area contributed by atoms with Crippen molar-refractivity contribution in [2.45, 2.75) is 45.6 Å². The maximum Gasteiger partial charge on any atom is 0.134 e. The van der Waals surface area contributed by atoms with E-state index in [2.05, 4.69) is 12.6 Å². The van der Waals surface area contributed by atoms with Crippen molar-refractivity contribution in [1.82, 2.24) is 4.90 Å². The van der Waals surface area contributed by atoms with Gasteiger partial charge in [0, 0.05) is 19.6 Å². The van der Waals surface area contributed by atoms with Crippen LogP contribution in [0.1, 0.15) is 31.4 Å². The summed E-state index contributed by atoms with van der Waals surface area (Å²) in [5.74, 6) is 1.44. The van der Waals surface area contributed by atoms with Crippen molar-refractivity contribution in [3.05, 3.63) is 100 Å². The lowest BCUT2D eigenvalue weighted by molar-refractivity contribution is 0.118. The predicted molar refractivity (Wildman–Crippen MR) is 151 cm³/mol. The van der Waals surface area contributed by atoms with Crippen molar-refractivity contribution in [2.24, 2.45) is 0 Å². The molecule has 0 spiro atoms. The molecule has 5 nitrogen and oxygen atoms in total. The second kappa shape index (κ2) is 16.5. The largest absolute Gasteiger partial charge is 0.490 e. The number of hydrogen-bond acceptors (Lipinski definition) is 6. The normalized spacial score (nSPS) is 14.2. The molecule has 2 N–H and O–H groups in total. The first-order valence-corrected chi connectivity index (χ1v) is 13.4. The van der Waals surface area contributed by atoms with E-state index in [9.17, 15) is 10.2 Å². The van der Waals surface area contributed by atoms with Gasteiger partial charge in [-0.15, -0.1) is 0 Å². The van der Waals surface area contributed by atoms with Crippen molar-refractivity contribution in [2.75, 3.05) is 26.0 Å². The number of benzene rings is 2. The van der Waals surface area contributed by atoms with Crippen LogP contribution in [0, 0.1) is 0 Å². The molecule has 196 valence electrons. The highest BCUT2D eigenvalue weighted by atomic mass is 35.5. The van der Waals surface area contributed by atoms with Crippen molar-refractivity contribution in [3.63, 3.8) is 0 Å². The third kappa shape index (κ3) is 10.4. The number of allylic oxidation sites excluding steroid dienone is 3. The van der Waals surface area contributed by atoms with Gasteiger partial charge in [0.05, 0.1) is 23.8 Å². The van der Waals surface area contributed by atoms with Crippen LogP contribution in [0.5, 0.6) is 5.75 Å². The third-order valence-corrected chi connectivity index (χ3v) is 5.65. The Morgan fingerprint density at radius 1 is 1.00 bits per heavy atom. The van der Waals surface area contributed by atoms with Gasteiger partial charge in [-0.25, -0.2) is 0 Å². The number of hydrogen-bond donors (Lipinski definition) is 3. The van der Waals surface area contributed by atoms with Crippen LogP contribution >= 0.6 is 24.2 Å². The summed E-state index contributed by atoms with van der Waals surface area (Å²) in [6.45, 7) is 5.86. The topological polar surface area (TPSA) is 62.2 Å². The number of thiol groups is 1. The molecule has 7 heteroatoms. The Morgan fingerprint density at radius 2 is 1.69 bits per heavy atom. The average molecular weight is 532 g/mol. The zero-order valence-corrected chi connectivity index (χ0v) is 23.0. The first kappa shape index (κ1) is 30.0. The van der Waals surface area contributed by atoms with Gasteiger partial charge in [-0.2, -0.15) is 12.6 Å². The SMILES string of the molecule is CC(C)OC1=CCC=C(C(O)CN(CCO)Cc2ccc(OCc3ccccc3)cc2)C=C1Cl.CS. The average Bonchev–Trinajstić information content (AvgIpc) is 3.06. The predicted octanol–water partition coefficient (Wildman–Crippen LogP) is 5.73. The molecule has 0 saturated carbocycles. The van der Waals surface area contributed by atoms with E-state index < -0.39 is 6.10 Å². The van der Waals surface area contributed by atoms with Crippen LogP contribution in [0.25, 0.3) is 0 Å². The summed E-state index contributed by atoms with van der Waals surface area (Å²) in [4.78, 5) is 2.02. The Bertz CT molecular complexity index is 990. The van der Waals surface area contributed by atoms with Crippen LogP contribution in [0.15, 0.2) is 89.2 Å². The minimum Gasteiger partial charge on any atom is -0.490 e. The number of nitrogens with zero attached hydrogens (tertiary/aromatic N) is 1. The number of ether oxygens (including phenoxy) is 2. The maximum absolute atomic E-state index is 10.9. The fourth-order valence-corrected chi connectivity index (χ4v) is 3.93. The highest BCUT2D eigenvalue weighted by molar-refractivity contribution is 7.79. The van der Waals surface area contributed by atoms with Crippen LogP contribution in [0.3, 0.4) is 0 Å². The Balaban J connectivity index is 0.00000222. The molecular weight excluding hydrogens is 494 g/mol. The van der Waals surface area contributed by atoms with Gasteiger partial charge in [-0.1, -0.05) is 60.1 Å². The van der Waals surface area contributed by atoms with Gasteiger partial charge in [0.2, 0.25) is 0 Å². The molecule has 1 atom stereocenters. The lowest BCUT2D eigenvalue weighted by atomic mass is 10.1. The van der Waals surface area contributed by atoms with E-state index in [1.807, 2.05) is 85.5 Å². The van der Waals surface area contributed by atoms with E-state index in [1.54, 1.807) is 12.3 Å². The Kier molecular flexibility index (Phi) is 13.8. The zero-order chi connectivity index (χ0) is 26.3. The maximum atomic E-state index is 10.9. The molecule has 0 amide bonds. The summed E-state index contributed by atoms with van der Waals surface area (Å²) in [6, 6.07) is 18.0. The summed E-state index contributed by atoms with van der Waals surface area (Å²) >= 11 is 9.96. The molecule has 1 unspecified atom stereocenters. The molecule has 0 bridgehead atoms. The minimum absolute atomic E-state index is 0.00850. The van der Waals surface area contributed by atoms with E-state index in [0.717, 1.165) is 22.4 Å². The van der Waals surface area contributed by atoms with E-state index in [1.165, 1.54) is 0 Å². The molecule has 0 saturated heterocycles. The van der Waals surface area contributed by atoms with Crippen LogP contribution in [-0.2, 0) is 17.9 Å². The summed E-state index contributed by atoms with van der Waals surface area (Å²) < 4.78 is 11.6. The standard InChI is InChI=1S/C28H34ClNO4.CH4S/c1-21(2)34-28-10-6-9-24(17-26(28)29)27(32)19-30(15-16-31)18-22-11-13-25(14-12-22)33-20-23-7-4-3-5-8-23;1-2/h3-5,7-14,17,21,27,31-32H,6,15-16,18-20H2,1-2H3;2H,1H3. The molecule has 0 fully saturated rings. The highest BCUT2D eigenvalue weighted by Crippen LogP contribution is 2.26. The van der Waals surface area contributed by atoms with Gasteiger partial charge >= 0.3 is 0 Å². The molecule has 36 heavy (non-hydrogen) atoms. The smallest absolute Gasteiger partial charge is 0.134 e. The highest BCUT2D eigenvalue weighted by Gasteiger charge is 2.18. The van der Waals surface area contributed by atoms with Crippen LogP contribution in [0.4, 0.5) is 0 Å². The van der Waals surface area contributed by atoms with Crippen LogP contribution in [-0.4, -0.2) is 53.3 Å². The number of halogens is 1. The van der Waals surface area contributed by atoms with Gasteiger partial charge in [0.15, 0.2) is 0 Å². The molecule has 1 aliphatic carbocycles. The van der Waals surface area contributed by atoms with Gasteiger partial charge in [0.25, 0.3) is 0 Å². The van der Waals surface area contributed by atoms with Crippen molar-refractivity contribution >= 4 is 24.2 Å². The van der Waals surface area contributed by atoms with E-state index >= 15 is 0 Å². The van der Waals surface area contributed by atoms with Crippen LogP contribution < -0.4 is 4.74 Å². The van der Waals surface area contributed by atoms with Gasteiger partial charge in [0.1, 0.15) is 18.1 Å². The number of aliphatic hydroxyl groups excluding tert-OH is 2. The fourth-order valence-electron chi connectivity index (χ4n) is 3.68. The summed E-state index contributed by atoms with van der Waals surface area (Å²) in [6.07, 6.45) is 7.26. The second-order valence-corrected chi connectivity index (χ2v) is 8.97.